The van der Waals surface area contributed by atoms with Crippen molar-refractivity contribution in [3.05, 3.63) is 23.4 Å². The lowest BCUT2D eigenvalue weighted by Crippen LogP contribution is -2.21. The van der Waals surface area contributed by atoms with E-state index in [1.165, 1.54) is 24.8 Å². The van der Waals surface area contributed by atoms with Crippen molar-refractivity contribution < 1.29 is 5.11 Å². The summed E-state index contributed by atoms with van der Waals surface area (Å²) in [6, 6.07) is 4.21. The van der Waals surface area contributed by atoms with Crippen LogP contribution in [-0.4, -0.2) is 21.4 Å². The predicted octanol–water partition coefficient (Wildman–Crippen LogP) is 3.48. The molecule has 0 amide bonds. The van der Waals surface area contributed by atoms with Crippen LogP contribution in [0.25, 0.3) is 0 Å². The van der Waals surface area contributed by atoms with Crippen LogP contribution in [0, 0.1) is 13.8 Å². The first-order valence-electron chi connectivity index (χ1n) is 6.45. The fourth-order valence-corrected chi connectivity index (χ4v) is 3.75. The van der Waals surface area contributed by atoms with Crippen LogP contribution in [0.4, 0.5) is 0 Å². The smallest absolute Gasteiger partial charge is 0.0969 e. The Morgan fingerprint density at radius 3 is 2.71 bits per heavy atom. The maximum atomic E-state index is 10.1. The van der Waals surface area contributed by atoms with E-state index >= 15 is 0 Å². The summed E-state index contributed by atoms with van der Waals surface area (Å²) in [5.41, 5.74) is 2.32. The van der Waals surface area contributed by atoms with Gasteiger partial charge < -0.3 is 5.11 Å². The van der Waals surface area contributed by atoms with Crippen LogP contribution in [0.5, 0.6) is 0 Å². The van der Waals surface area contributed by atoms with E-state index in [-0.39, 0.29) is 6.10 Å². The summed E-state index contributed by atoms with van der Waals surface area (Å²) in [6.07, 6.45) is 5.56. The number of aryl methyl sites for hydroxylation is 2. The molecule has 1 aromatic heterocycles. The second-order valence-electron chi connectivity index (χ2n) is 4.99. The molecule has 2 atom stereocenters. The molecular formula is C14H21NOS. The molecule has 1 saturated carbocycles. The summed E-state index contributed by atoms with van der Waals surface area (Å²) < 4.78 is 0. The third kappa shape index (κ3) is 3.71. The van der Waals surface area contributed by atoms with E-state index in [0.29, 0.717) is 5.25 Å². The van der Waals surface area contributed by atoms with Gasteiger partial charge in [0.05, 0.1) is 11.1 Å². The van der Waals surface area contributed by atoms with Gasteiger partial charge in [-0.2, -0.15) is 0 Å². The van der Waals surface area contributed by atoms with Gasteiger partial charge in [-0.3, -0.25) is 0 Å². The van der Waals surface area contributed by atoms with E-state index < -0.39 is 0 Å². The minimum Gasteiger partial charge on any atom is -0.392 e. The van der Waals surface area contributed by atoms with Gasteiger partial charge in [-0.15, -0.1) is 11.8 Å². The number of aromatic nitrogens is 1. The van der Waals surface area contributed by atoms with Crippen molar-refractivity contribution in [1.29, 1.82) is 0 Å². The zero-order valence-electron chi connectivity index (χ0n) is 10.6. The van der Waals surface area contributed by atoms with Crippen LogP contribution in [0.15, 0.2) is 17.2 Å². The van der Waals surface area contributed by atoms with E-state index in [1.807, 2.05) is 6.92 Å². The first-order chi connectivity index (χ1) is 8.15. The van der Waals surface area contributed by atoms with Crippen molar-refractivity contribution in [2.75, 3.05) is 0 Å². The Morgan fingerprint density at radius 1 is 1.18 bits per heavy atom. The quantitative estimate of drug-likeness (QED) is 0.817. The lowest BCUT2D eigenvalue weighted by molar-refractivity contribution is 0.163. The van der Waals surface area contributed by atoms with Crippen molar-refractivity contribution in [3.63, 3.8) is 0 Å². The molecule has 1 aliphatic rings. The molecule has 2 nitrogen and oxygen atoms in total. The Bertz CT molecular complexity index is 360. The molecule has 3 heteroatoms. The van der Waals surface area contributed by atoms with Crippen LogP contribution in [-0.2, 0) is 0 Å². The van der Waals surface area contributed by atoms with Crippen molar-refractivity contribution in [2.45, 2.75) is 62.3 Å². The standard InChI is InChI=1S/C14H21NOS/c1-10-8-11(2)15-14(9-10)17-13-7-5-3-4-6-12(13)16/h8-9,12-13,16H,3-7H2,1-2H3. The molecule has 1 fully saturated rings. The van der Waals surface area contributed by atoms with Gasteiger partial charge in [0, 0.05) is 10.9 Å². The zero-order valence-corrected chi connectivity index (χ0v) is 11.5. The molecule has 1 aliphatic carbocycles. The van der Waals surface area contributed by atoms with Crippen LogP contribution in [0.2, 0.25) is 0 Å². The van der Waals surface area contributed by atoms with Gasteiger partial charge in [-0.05, 0) is 44.4 Å². The molecule has 94 valence electrons. The molecule has 2 unspecified atom stereocenters. The van der Waals surface area contributed by atoms with Crippen molar-refractivity contribution in [2.24, 2.45) is 0 Å². The lowest BCUT2D eigenvalue weighted by atomic mass is 10.1. The predicted molar refractivity (Wildman–Crippen MR) is 72.4 cm³/mol. The first kappa shape index (κ1) is 12.9. The van der Waals surface area contributed by atoms with E-state index in [2.05, 4.69) is 24.0 Å². The van der Waals surface area contributed by atoms with E-state index in [4.69, 9.17) is 0 Å². The molecule has 1 N–H and O–H groups in total. The van der Waals surface area contributed by atoms with Gasteiger partial charge in [-0.1, -0.05) is 19.3 Å². The highest BCUT2D eigenvalue weighted by Crippen LogP contribution is 2.32. The molecule has 17 heavy (non-hydrogen) atoms. The maximum absolute atomic E-state index is 10.1. The number of hydrogen-bond acceptors (Lipinski definition) is 3. The van der Waals surface area contributed by atoms with Crippen molar-refractivity contribution in [3.8, 4) is 0 Å². The SMILES string of the molecule is Cc1cc(C)nc(SC2CCCCCC2O)c1. The molecular weight excluding hydrogens is 230 g/mol. The van der Waals surface area contributed by atoms with Crippen LogP contribution in [0.3, 0.4) is 0 Å². The van der Waals surface area contributed by atoms with Gasteiger partial charge in [0.15, 0.2) is 0 Å². The number of pyridine rings is 1. The van der Waals surface area contributed by atoms with Crippen molar-refractivity contribution in [1.82, 2.24) is 4.98 Å². The maximum Gasteiger partial charge on any atom is 0.0969 e. The Morgan fingerprint density at radius 2 is 1.94 bits per heavy atom. The topological polar surface area (TPSA) is 33.1 Å². The average molecular weight is 251 g/mol. The third-order valence-electron chi connectivity index (χ3n) is 3.26. The third-order valence-corrected chi connectivity index (χ3v) is 4.57. The number of thioether (sulfide) groups is 1. The Kier molecular flexibility index (Phi) is 4.46. The number of aliphatic hydroxyl groups is 1. The fraction of sp³-hybridized carbons (Fsp3) is 0.643. The second-order valence-corrected chi connectivity index (χ2v) is 6.25. The lowest BCUT2D eigenvalue weighted by Gasteiger charge is -2.19. The van der Waals surface area contributed by atoms with Gasteiger partial charge in [0.2, 0.25) is 0 Å². The van der Waals surface area contributed by atoms with Gasteiger partial charge in [0.1, 0.15) is 0 Å². The monoisotopic (exact) mass is 251 g/mol. The van der Waals surface area contributed by atoms with E-state index in [1.54, 1.807) is 11.8 Å². The highest BCUT2D eigenvalue weighted by Gasteiger charge is 2.23. The van der Waals surface area contributed by atoms with Gasteiger partial charge >= 0.3 is 0 Å². The number of rotatable bonds is 2. The molecule has 0 spiro atoms. The minimum atomic E-state index is -0.162. The summed E-state index contributed by atoms with van der Waals surface area (Å²) in [5, 5.41) is 11.5. The van der Waals surface area contributed by atoms with Crippen molar-refractivity contribution >= 4 is 11.8 Å². The summed E-state index contributed by atoms with van der Waals surface area (Å²) in [4.78, 5) is 4.55. The molecule has 0 aromatic carbocycles. The van der Waals surface area contributed by atoms with Crippen LogP contribution >= 0.6 is 11.8 Å². The summed E-state index contributed by atoms with van der Waals surface area (Å²) in [5.74, 6) is 0. The summed E-state index contributed by atoms with van der Waals surface area (Å²) in [6.45, 7) is 4.13. The molecule has 2 rings (SSSR count). The minimum absolute atomic E-state index is 0.162. The summed E-state index contributed by atoms with van der Waals surface area (Å²) >= 11 is 1.75. The van der Waals surface area contributed by atoms with Gasteiger partial charge in [-0.25, -0.2) is 4.98 Å². The molecule has 0 saturated heterocycles. The van der Waals surface area contributed by atoms with Gasteiger partial charge in [0.25, 0.3) is 0 Å². The Hall–Kier alpha value is -0.540. The first-order valence-corrected chi connectivity index (χ1v) is 7.33. The Balaban J connectivity index is 2.07. The van der Waals surface area contributed by atoms with E-state index in [0.717, 1.165) is 23.6 Å². The molecule has 1 heterocycles. The highest BCUT2D eigenvalue weighted by atomic mass is 32.2. The normalized spacial score (nSPS) is 25.6. The number of nitrogens with zero attached hydrogens (tertiary/aromatic N) is 1. The fourth-order valence-electron chi connectivity index (χ4n) is 2.41. The Labute approximate surface area is 108 Å². The molecule has 0 bridgehead atoms. The largest absolute Gasteiger partial charge is 0.392 e. The molecule has 0 aliphatic heterocycles. The second kappa shape index (κ2) is 5.87. The highest BCUT2D eigenvalue weighted by molar-refractivity contribution is 7.99. The van der Waals surface area contributed by atoms with E-state index in [9.17, 15) is 5.11 Å². The number of hydrogen-bond donors (Lipinski definition) is 1. The van der Waals surface area contributed by atoms with Crippen LogP contribution < -0.4 is 0 Å². The van der Waals surface area contributed by atoms with Crippen LogP contribution in [0.1, 0.15) is 43.4 Å². The zero-order chi connectivity index (χ0) is 12.3. The molecule has 1 aromatic rings. The average Bonchev–Trinajstić information content (AvgIpc) is 2.43. The molecule has 0 radical (unpaired) electrons. The number of aliphatic hydroxyl groups excluding tert-OH is 1. The summed E-state index contributed by atoms with van der Waals surface area (Å²) in [7, 11) is 0.